The number of aryl methyl sites for hydroxylation is 2. The molecule has 1 unspecified atom stereocenters. The largest absolute Gasteiger partial charge is 0.383 e. The average Bonchev–Trinajstić information content (AvgIpc) is 2.38. The van der Waals surface area contributed by atoms with Gasteiger partial charge in [0.25, 0.3) is 0 Å². The average molecular weight is 248 g/mol. The number of hydrogen-bond acceptors (Lipinski definition) is 2. The summed E-state index contributed by atoms with van der Waals surface area (Å²) in [5, 5.41) is 10.5. The summed E-state index contributed by atoms with van der Waals surface area (Å²) in [6.45, 7) is 5.00. The minimum absolute atomic E-state index is 0.375. The van der Waals surface area contributed by atoms with Crippen molar-refractivity contribution in [2.75, 3.05) is 13.2 Å². The van der Waals surface area contributed by atoms with Crippen LogP contribution in [0.3, 0.4) is 0 Å². The monoisotopic (exact) mass is 248 g/mol. The fourth-order valence-corrected chi connectivity index (χ4v) is 2.57. The van der Waals surface area contributed by atoms with Crippen LogP contribution in [0, 0.1) is 0 Å². The van der Waals surface area contributed by atoms with Crippen LogP contribution in [0.25, 0.3) is 0 Å². The maximum Gasteiger partial charge on any atom is 0.110 e. The molecule has 2 heteroatoms. The second-order valence-electron chi connectivity index (χ2n) is 5.52. The number of ether oxygens (including phenoxy) is 1. The van der Waals surface area contributed by atoms with E-state index in [-0.39, 0.29) is 0 Å². The summed E-state index contributed by atoms with van der Waals surface area (Å²) in [6.07, 6.45) is 5.88. The Labute approximate surface area is 110 Å². The van der Waals surface area contributed by atoms with Crippen molar-refractivity contribution < 1.29 is 9.84 Å². The number of aliphatic hydroxyl groups is 1. The quantitative estimate of drug-likeness (QED) is 0.811. The molecular formula is C16H24O2. The molecule has 0 heterocycles. The van der Waals surface area contributed by atoms with E-state index in [9.17, 15) is 5.11 Å². The van der Waals surface area contributed by atoms with Gasteiger partial charge in [-0.3, -0.25) is 0 Å². The van der Waals surface area contributed by atoms with E-state index in [1.807, 2.05) is 6.92 Å². The Morgan fingerprint density at radius 2 is 1.94 bits per heavy atom. The van der Waals surface area contributed by atoms with Crippen LogP contribution in [0.4, 0.5) is 0 Å². The zero-order valence-corrected chi connectivity index (χ0v) is 11.5. The highest BCUT2D eigenvalue weighted by atomic mass is 16.5. The molecule has 0 spiro atoms. The van der Waals surface area contributed by atoms with Crippen LogP contribution in [0.15, 0.2) is 18.2 Å². The lowest BCUT2D eigenvalue weighted by atomic mass is 9.87. The third-order valence-electron chi connectivity index (χ3n) is 3.70. The molecule has 0 amide bonds. The topological polar surface area (TPSA) is 29.5 Å². The molecule has 2 nitrogen and oxygen atoms in total. The molecule has 1 aliphatic carbocycles. The van der Waals surface area contributed by atoms with Crippen molar-refractivity contribution in [3.8, 4) is 0 Å². The molecule has 0 radical (unpaired) electrons. The molecule has 0 fully saturated rings. The Balaban J connectivity index is 2.11. The van der Waals surface area contributed by atoms with Crippen LogP contribution in [0.1, 0.15) is 49.8 Å². The lowest BCUT2D eigenvalue weighted by Gasteiger charge is -2.26. The normalized spacial score (nSPS) is 18.2. The molecule has 18 heavy (non-hydrogen) atoms. The van der Waals surface area contributed by atoms with Crippen molar-refractivity contribution >= 4 is 0 Å². The maximum absolute atomic E-state index is 10.5. The van der Waals surface area contributed by atoms with Gasteiger partial charge in [0.1, 0.15) is 5.60 Å². The van der Waals surface area contributed by atoms with E-state index < -0.39 is 5.60 Å². The fourth-order valence-electron chi connectivity index (χ4n) is 2.57. The zero-order valence-electron chi connectivity index (χ0n) is 11.5. The predicted molar refractivity (Wildman–Crippen MR) is 73.8 cm³/mol. The number of hydrogen-bond donors (Lipinski definition) is 1. The molecule has 0 aliphatic heterocycles. The van der Waals surface area contributed by atoms with Gasteiger partial charge in [-0.15, -0.1) is 0 Å². The van der Waals surface area contributed by atoms with E-state index in [1.165, 1.54) is 30.4 Å². The highest BCUT2D eigenvalue weighted by Gasteiger charge is 2.24. The van der Waals surface area contributed by atoms with Crippen molar-refractivity contribution in [3.05, 3.63) is 34.9 Å². The van der Waals surface area contributed by atoms with Gasteiger partial charge in [0.2, 0.25) is 0 Å². The van der Waals surface area contributed by atoms with Crippen LogP contribution < -0.4 is 0 Å². The van der Waals surface area contributed by atoms with Crippen LogP contribution >= 0.6 is 0 Å². The Hall–Kier alpha value is -0.860. The standard InChI is InChI=1S/C16H24O2/c1-3-10-18-12-16(2,17)15-9-8-13-6-4-5-7-14(13)11-15/h8-9,11,17H,3-7,10,12H2,1-2H3. The molecule has 0 aromatic heterocycles. The molecule has 0 saturated carbocycles. The molecule has 100 valence electrons. The van der Waals surface area contributed by atoms with E-state index in [4.69, 9.17) is 4.74 Å². The van der Waals surface area contributed by atoms with Gasteiger partial charge in [0.15, 0.2) is 0 Å². The molecule has 0 bridgehead atoms. The van der Waals surface area contributed by atoms with E-state index in [1.54, 1.807) is 0 Å². The van der Waals surface area contributed by atoms with Gasteiger partial charge in [0.05, 0.1) is 6.61 Å². The van der Waals surface area contributed by atoms with Crippen LogP contribution in [-0.4, -0.2) is 18.3 Å². The van der Waals surface area contributed by atoms with Crippen molar-refractivity contribution in [1.82, 2.24) is 0 Å². The lowest BCUT2D eigenvalue weighted by molar-refractivity contribution is -0.0375. The summed E-state index contributed by atoms with van der Waals surface area (Å²) in [6, 6.07) is 6.40. The predicted octanol–water partition coefficient (Wildman–Crippen LogP) is 3.20. The van der Waals surface area contributed by atoms with Gasteiger partial charge in [-0.2, -0.15) is 0 Å². The second-order valence-corrected chi connectivity index (χ2v) is 5.52. The first-order valence-electron chi connectivity index (χ1n) is 7.06. The van der Waals surface area contributed by atoms with Gasteiger partial charge in [-0.1, -0.05) is 25.1 Å². The van der Waals surface area contributed by atoms with Crippen LogP contribution in [0.2, 0.25) is 0 Å². The highest BCUT2D eigenvalue weighted by molar-refractivity contribution is 5.36. The molecule has 1 N–H and O–H groups in total. The molecule has 2 rings (SSSR count). The molecule has 1 aromatic carbocycles. The van der Waals surface area contributed by atoms with Crippen molar-refractivity contribution in [2.45, 2.75) is 51.6 Å². The summed E-state index contributed by atoms with van der Waals surface area (Å²) in [5.74, 6) is 0. The van der Waals surface area contributed by atoms with E-state index >= 15 is 0 Å². The Morgan fingerprint density at radius 1 is 1.22 bits per heavy atom. The molecule has 0 saturated heterocycles. The van der Waals surface area contributed by atoms with Gasteiger partial charge in [-0.25, -0.2) is 0 Å². The van der Waals surface area contributed by atoms with Crippen molar-refractivity contribution in [2.24, 2.45) is 0 Å². The summed E-state index contributed by atoms with van der Waals surface area (Å²) >= 11 is 0. The summed E-state index contributed by atoms with van der Waals surface area (Å²) in [5.41, 5.74) is 2.98. The Bertz CT molecular complexity index is 396. The van der Waals surface area contributed by atoms with Crippen molar-refractivity contribution in [3.63, 3.8) is 0 Å². The first kappa shape index (κ1) is 13.6. The first-order valence-corrected chi connectivity index (χ1v) is 7.06. The zero-order chi connectivity index (χ0) is 13.0. The minimum atomic E-state index is -0.873. The third-order valence-corrected chi connectivity index (χ3v) is 3.70. The first-order chi connectivity index (χ1) is 8.63. The molecular weight excluding hydrogens is 224 g/mol. The van der Waals surface area contributed by atoms with Gasteiger partial charge < -0.3 is 9.84 Å². The second kappa shape index (κ2) is 5.85. The smallest absolute Gasteiger partial charge is 0.110 e. The number of fused-ring (bicyclic) bond motifs is 1. The van der Waals surface area contributed by atoms with E-state index in [2.05, 4.69) is 25.1 Å². The molecule has 1 aliphatic rings. The van der Waals surface area contributed by atoms with E-state index in [0.717, 1.165) is 18.4 Å². The molecule has 1 aromatic rings. The Kier molecular flexibility index (Phi) is 4.41. The minimum Gasteiger partial charge on any atom is -0.383 e. The van der Waals surface area contributed by atoms with Crippen LogP contribution in [-0.2, 0) is 23.2 Å². The van der Waals surface area contributed by atoms with Crippen molar-refractivity contribution in [1.29, 1.82) is 0 Å². The fraction of sp³-hybridized carbons (Fsp3) is 0.625. The number of rotatable bonds is 5. The number of benzene rings is 1. The summed E-state index contributed by atoms with van der Waals surface area (Å²) in [7, 11) is 0. The van der Waals surface area contributed by atoms with Gasteiger partial charge in [-0.05, 0) is 55.7 Å². The summed E-state index contributed by atoms with van der Waals surface area (Å²) in [4.78, 5) is 0. The van der Waals surface area contributed by atoms with E-state index in [0.29, 0.717) is 13.2 Å². The van der Waals surface area contributed by atoms with Crippen LogP contribution in [0.5, 0.6) is 0 Å². The van der Waals surface area contributed by atoms with Gasteiger partial charge in [0, 0.05) is 6.61 Å². The maximum atomic E-state index is 10.5. The molecule has 1 atom stereocenters. The van der Waals surface area contributed by atoms with Gasteiger partial charge >= 0.3 is 0 Å². The third kappa shape index (κ3) is 3.12. The lowest BCUT2D eigenvalue weighted by Crippen LogP contribution is -2.28. The SMILES string of the molecule is CCCOCC(C)(O)c1ccc2c(c1)CCCC2. The highest BCUT2D eigenvalue weighted by Crippen LogP contribution is 2.27. The summed E-state index contributed by atoms with van der Waals surface area (Å²) < 4.78 is 5.50. The Morgan fingerprint density at radius 3 is 2.67 bits per heavy atom.